The molecule has 4 heteroatoms. The van der Waals surface area contributed by atoms with Gasteiger partial charge in [-0.05, 0) is 51.2 Å². The van der Waals surface area contributed by atoms with E-state index in [2.05, 4.69) is 170 Å². The van der Waals surface area contributed by atoms with Crippen LogP contribution >= 0.6 is 23.1 Å². The van der Waals surface area contributed by atoms with Gasteiger partial charge < -0.3 is 0 Å². The Morgan fingerprint density at radius 1 is 0.510 bits per heavy atom. The van der Waals surface area contributed by atoms with Crippen molar-refractivity contribution in [3.63, 3.8) is 0 Å². The molecule has 0 bridgehead atoms. The molecule has 0 atom stereocenters. The zero-order valence-corrected chi connectivity index (χ0v) is 28.0. The number of aromatic nitrogens is 2. The lowest BCUT2D eigenvalue weighted by Crippen LogP contribution is -2.34. The number of rotatable bonds is 4. The molecule has 7 aromatic carbocycles. The van der Waals surface area contributed by atoms with Crippen molar-refractivity contribution in [2.24, 2.45) is 0 Å². The van der Waals surface area contributed by atoms with E-state index < -0.39 is 5.41 Å². The second-order valence-electron chi connectivity index (χ2n) is 12.5. The summed E-state index contributed by atoms with van der Waals surface area (Å²) in [4.78, 5) is 13.3. The van der Waals surface area contributed by atoms with Gasteiger partial charge in [0.1, 0.15) is 0 Å². The molecule has 0 spiro atoms. The maximum Gasteiger partial charge on any atom is 0.161 e. The van der Waals surface area contributed by atoms with Crippen LogP contribution in [0.25, 0.3) is 53.7 Å². The van der Waals surface area contributed by atoms with Crippen LogP contribution in [0.4, 0.5) is 0 Å². The van der Waals surface area contributed by atoms with Crippen LogP contribution in [0.5, 0.6) is 0 Å². The van der Waals surface area contributed by atoms with Gasteiger partial charge in [0.15, 0.2) is 5.82 Å². The average Bonchev–Trinajstić information content (AvgIpc) is 3.55. The molecular weight excluding hydrogens is 633 g/mol. The van der Waals surface area contributed by atoms with Crippen molar-refractivity contribution in [1.29, 1.82) is 0 Å². The van der Waals surface area contributed by atoms with Gasteiger partial charge in [0.05, 0.1) is 21.3 Å². The topological polar surface area (TPSA) is 25.8 Å². The van der Waals surface area contributed by atoms with Crippen LogP contribution < -0.4 is 0 Å². The Morgan fingerprint density at radius 3 is 2.00 bits per heavy atom. The van der Waals surface area contributed by atoms with Gasteiger partial charge in [-0.1, -0.05) is 163 Å². The van der Waals surface area contributed by atoms with Gasteiger partial charge in [0.2, 0.25) is 0 Å². The molecule has 0 aliphatic carbocycles. The smallest absolute Gasteiger partial charge is 0.161 e. The molecule has 0 radical (unpaired) electrons. The highest BCUT2D eigenvalue weighted by Crippen LogP contribution is 2.57. The van der Waals surface area contributed by atoms with Crippen LogP contribution in [0.3, 0.4) is 0 Å². The molecule has 0 saturated carbocycles. The van der Waals surface area contributed by atoms with E-state index in [0.717, 1.165) is 32.9 Å². The summed E-state index contributed by atoms with van der Waals surface area (Å²) >= 11 is 3.61. The van der Waals surface area contributed by atoms with Crippen LogP contribution in [-0.4, -0.2) is 9.97 Å². The molecular formula is C45H28N2S2. The largest absolute Gasteiger partial charge is 0.226 e. The molecule has 49 heavy (non-hydrogen) atoms. The maximum atomic E-state index is 5.49. The first kappa shape index (κ1) is 28.5. The second-order valence-corrected chi connectivity index (χ2v) is 14.6. The summed E-state index contributed by atoms with van der Waals surface area (Å²) in [5, 5.41) is 3.59. The van der Waals surface area contributed by atoms with Crippen molar-refractivity contribution in [2.45, 2.75) is 15.2 Å². The molecule has 9 aromatic rings. The van der Waals surface area contributed by atoms with Gasteiger partial charge in [0, 0.05) is 31.0 Å². The van der Waals surface area contributed by atoms with E-state index in [1.54, 1.807) is 11.3 Å². The summed E-state index contributed by atoms with van der Waals surface area (Å²) in [6.45, 7) is 0. The third-order valence-electron chi connectivity index (χ3n) is 9.82. The molecule has 1 aliphatic rings. The van der Waals surface area contributed by atoms with Crippen molar-refractivity contribution in [3.05, 3.63) is 192 Å². The van der Waals surface area contributed by atoms with Gasteiger partial charge in [-0.25, -0.2) is 9.97 Å². The van der Waals surface area contributed by atoms with Crippen molar-refractivity contribution >= 4 is 54.2 Å². The Labute approximate surface area is 292 Å². The summed E-state index contributed by atoms with van der Waals surface area (Å²) in [7, 11) is 0. The molecule has 230 valence electrons. The SMILES string of the molecule is c1ccc(C2(c3ccccc3)c3ccccc3Sc3c(-c4nc(-c5ccc6ccccc6c5)c5sc6ccccc6c5n4)cccc32)cc1. The Morgan fingerprint density at radius 2 is 1.18 bits per heavy atom. The van der Waals surface area contributed by atoms with Crippen LogP contribution in [0.2, 0.25) is 0 Å². The molecule has 2 aromatic heterocycles. The van der Waals surface area contributed by atoms with Gasteiger partial charge in [-0.15, -0.1) is 11.3 Å². The summed E-state index contributed by atoms with van der Waals surface area (Å²) < 4.78 is 2.34. The fourth-order valence-corrected chi connectivity index (χ4v) is 10.1. The summed E-state index contributed by atoms with van der Waals surface area (Å²) in [6.07, 6.45) is 0. The van der Waals surface area contributed by atoms with E-state index in [-0.39, 0.29) is 0 Å². The third kappa shape index (κ3) is 4.34. The van der Waals surface area contributed by atoms with Gasteiger partial charge in [0.25, 0.3) is 0 Å². The Kier molecular flexibility index (Phi) is 6.55. The monoisotopic (exact) mass is 660 g/mol. The van der Waals surface area contributed by atoms with Gasteiger partial charge in [-0.2, -0.15) is 0 Å². The van der Waals surface area contributed by atoms with Crippen LogP contribution in [0, 0.1) is 0 Å². The molecule has 10 rings (SSSR count). The predicted octanol–water partition coefficient (Wildman–Crippen LogP) is 12.2. The third-order valence-corrected chi connectivity index (χ3v) is 12.2. The minimum Gasteiger partial charge on any atom is -0.226 e. The molecule has 1 aliphatic heterocycles. The maximum absolute atomic E-state index is 5.49. The molecule has 2 nitrogen and oxygen atoms in total. The minimum atomic E-state index is -0.518. The van der Waals surface area contributed by atoms with E-state index in [1.807, 2.05) is 11.8 Å². The van der Waals surface area contributed by atoms with E-state index in [1.165, 1.54) is 52.9 Å². The van der Waals surface area contributed by atoms with E-state index in [0.29, 0.717) is 0 Å². The fraction of sp³-hybridized carbons (Fsp3) is 0.0222. The quantitative estimate of drug-likeness (QED) is 0.188. The zero-order chi connectivity index (χ0) is 32.4. The van der Waals surface area contributed by atoms with E-state index >= 15 is 0 Å². The number of nitrogens with zero attached hydrogens (tertiary/aromatic N) is 2. The summed E-state index contributed by atoms with van der Waals surface area (Å²) in [5.41, 5.74) is 8.63. The standard InChI is InChI=1S/C45H28N2S2/c1-3-16-32(17-4-1)45(33-18-5-2-6-19-33)36-22-10-12-25-39(36)49-42-35(21-13-23-37(42)45)44-46-40(31-27-26-29-14-7-8-15-30(29)28-31)43-41(47-44)34-20-9-11-24-38(34)48-43/h1-28H. The average molecular weight is 661 g/mol. The molecule has 0 unspecified atom stereocenters. The highest BCUT2D eigenvalue weighted by Gasteiger charge is 2.45. The Balaban J connectivity index is 1.29. The number of benzene rings is 7. The lowest BCUT2D eigenvalue weighted by atomic mass is 9.64. The molecule has 0 fully saturated rings. The number of hydrogen-bond donors (Lipinski definition) is 0. The van der Waals surface area contributed by atoms with E-state index in [4.69, 9.17) is 9.97 Å². The Hall–Kier alpha value is -5.55. The number of fused-ring (bicyclic) bond motifs is 6. The first-order valence-corrected chi connectivity index (χ1v) is 18.1. The van der Waals surface area contributed by atoms with Crippen LogP contribution in [0.15, 0.2) is 180 Å². The minimum absolute atomic E-state index is 0.518. The first-order chi connectivity index (χ1) is 24.3. The van der Waals surface area contributed by atoms with Crippen molar-refractivity contribution in [2.75, 3.05) is 0 Å². The van der Waals surface area contributed by atoms with Gasteiger partial charge >= 0.3 is 0 Å². The highest BCUT2D eigenvalue weighted by molar-refractivity contribution is 7.99. The lowest BCUT2D eigenvalue weighted by molar-refractivity contribution is 0.703. The molecule has 0 amide bonds. The van der Waals surface area contributed by atoms with Crippen molar-refractivity contribution in [3.8, 4) is 22.6 Å². The zero-order valence-electron chi connectivity index (χ0n) is 26.4. The van der Waals surface area contributed by atoms with E-state index in [9.17, 15) is 0 Å². The summed E-state index contributed by atoms with van der Waals surface area (Å²) in [6, 6.07) is 61.3. The van der Waals surface area contributed by atoms with Crippen LogP contribution in [0.1, 0.15) is 22.3 Å². The predicted molar refractivity (Wildman–Crippen MR) is 206 cm³/mol. The fourth-order valence-electron chi connectivity index (χ4n) is 7.65. The molecule has 0 N–H and O–H groups in total. The van der Waals surface area contributed by atoms with Gasteiger partial charge in [-0.3, -0.25) is 0 Å². The van der Waals surface area contributed by atoms with Crippen LogP contribution in [-0.2, 0) is 5.41 Å². The van der Waals surface area contributed by atoms with Crippen molar-refractivity contribution in [1.82, 2.24) is 9.97 Å². The number of thiophene rings is 1. The normalized spacial score (nSPS) is 13.4. The Bertz CT molecular complexity index is 2660. The molecule has 3 heterocycles. The molecule has 0 saturated heterocycles. The lowest BCUT2D eigenvalue weighted by Gasteiger charge is -2.42. The summed E-state index contributed by atoms with van der Waals surface area (Å²) in [5.74, 6) is 0.748. The second kappa shape index (κ2) is 11.3. The highest BCUT2D eigenvalue weighted by atomic mass is 32.2. The van der Waals surface area contributed by atoms with Crippen molar-refractivity contribution < 1.29 is 0 Å². The first-order valence-electron chi connectivity index (χ1n) is 16.5. The number of hydrogen-bond acceptors (Lipinski definition) is 4.